The van der Waals surface area contributed by atoms with Gasteiger partial charge in [-0.3, -0.25) is 4.79 Å². The summed E-state index contributed by atoms with van der Waals surface area (Å²) in [5.41, 5.74) is 1.79. The zero-order valence-electron chi connectivity index (χ0n) is 18.0. The number of benzene rings is 1. The Morgan fingerprint density at radius 1 is 1.11 bits per heavy atom. The van der Waals surface area contributed by atoms with Crippen LogP contribution in [0.3, 0.4) is 0 Å². The highest BCUT2D eigenvalue weighted by molar-refractivity contribution is 7.89. The van der Waals surface area contributed by atoms with Gasteiger partial charge in [-0.05, 0) is 25.0 Å². The van der Waals surface area contributed by atoms with Gasteiger partial charge in [0, 0.05) is 25.4 Å². The Hall–Kier alpha value is -1.50. The van der Waals surface area contributed by atoms with Crippen LogP contribution >= 0.6 is 0 Å². The predicted molar refractivity (Wildman–Crippen MR) is 115 cm³/mol. The second kappa shape index (κ2) is 11.5. The van der Waals surface area contributed by atoms with Gasteiger partial charge in [0.25, 0.3) is 0 Å². The molecule has 3 unspecified atom stereocenters. The van der Waals surface area contributed by atoms with Gasteiger partial charge in [-0.15, -0.1) is 0 Å². The van der Waals surface area contributed by atoms with Crippen LogP contribution in [-0.4, -0.2) is 42.9 Å². The fraction of sp³-hybridized carbons (Fsp3) is 0.591. The van der Waals surface area contributed by atoms with E-state index in [1.807, 2.05) is 65.0 Å². The van der Waals surface area contributed by atoms with Crippen molar-refractivity contribution in [2.45, 2.75) is 65.9 Å². The van der Waals surface area contributed by atoms with Crippen LogP contribution in [0.4, 0.5) is 0 Å². The summed E-state index contributed by atoms with van der Waals surface area (Å²) in [7, 11) is -3.43. The molecule has 0 aliphatic carbocycles. The van der Waals surface area contributed by atoms with E-state index in [1.54, 1.807) is 13.0 Å². The highest BCUT2D eigenvalue weighted by Gasteiger charge is 2.29. The summed E-state index contributed by atoms with van der Waals surface area (Å²) in [6.07, 6.45) is 1.69. The number of carbonyl (C=O) groups is 1. The maximum atomic E-state index is 12.8. The summed E-state index contributed by atoms with van der Waals surface area (Å²) in [5, 5.41) is -0.681. The standard InChI is InChI=1S/C22H35NO4S/c1-7-21(24)19(6)22(27-16-20-13-11-10-12-14-20)17(4)15-18(5)28(25,26)23(8-2)9-3/h10-15,18-19,22H,7-9,16H2,1-6H3/b17-15-. The Kier molecular flexibility index (Phi) is 10.1. The van der Waals surface area contributed by atoms with E-state index in [-0.39, 0.29) is 11.7 Å². The van der Waals surface area contributed by atoms with Gasteiger partial charge < -0.3 is 4.74 Å². The minimum absolute atomic E-state index is 0.102. The molecule has 0 amide bonds. The summed E-state index contributed by atoms with van der Waals surface area (Å²) >= 11 is 0. The molecule has 0 aliphatic rings. The predicted octanol–water partition coefficient (Wildman–Crippen LogP) is 4.19. The molecule has 5 nitrogen and oxygen atoms in total. The van der Waals surface area contributed by atoms with Crippen molar-refractivity contribution in [3.05, 3.63) is 47.5 Å². The van der Waals surface area contributed by atoms with Crippen molar-refractivity contribution in [1.82, 2.24) is 4.31 Å². The third kappa shape index (κ3) is 6.54. The van der Waals surface area contributed by atoms with Crippen molar-refractivity contribution in [2.75, 3.05) is 13.1 Å². The maximum absolute atomic E-state index is 12.8. The van der Waals surface area contributed by atoms with Crippen molar-refractivity contribution in [3.63, 3.8) is 0 Å². The smallest absolute Gasteiger partial charge is 0.220 e. The van der Waals surface area contributed by atoms with Crippen LogP contribution in [0.1, 0.15) is 53.5 Å². The van der Waals surface area contributed by atoms with Crippen LogP contribution in [0.15, 0.2) is 42.0 Å². The van der Waals surface area contributed by atoms with Crippen LogP contribution in [0, 0.1) is 5.92 Å². The Morgan fingerprint density at radius 2 is 1.68 bits per heavy atom. The molecule has 3 atom stereocenters. The molecule has 0 bridgehead atoms. The highest BCUT2D eigenvalue weighted by Crippen LogP contribution is 2.23. The summed E-state index contributed by atoms with van der Waals surface area (Å²) < 4.78 is 33.1. The lowest BCUT2D eigenvalue weighted by molar-refractivity contribution is -0.126. The molecule has 0 radical (unpaired) electrons. The van der Waals surface area contributed by atoms with Gasteiger partial charge >= 0.3 is 0 Å². The van der Waals surface area contributed by atoms with E-state index in [2.05, 4.69) is 0 Å². The topological polar surface area (TPSA) is 63.7 Å². The summed E-state index contributed by atoms with van der Waals surface area (Å²) in [4.78, 5) is 12.3. The number of ketones is 1. The minimum Gasteiger partial charge on any atom is -0.368 e. The van der Waals surface area contributed by atoms with Crippen LogP contribution < -0.4 is 0 Å². The average Bonchev–Trinajstić information content (AvgIpc) is 2.68. The van der Waals surface area contributed by atoms with E-state index < -0.39 is 21.4 Å². The van der Waals surface area contributed by atoms with Crippen LogP contribution in [-0.2, 0) is 26.2 Å². The third-order valence-corrected chi connectivity index (χ3v) is 7.38. The van der Waals surface area contributed by atoms with Gasteiger partial charge in [0.15, 0.2) is 0 Å². The molecule has 0 saturated heterocycles. The monoisotopic (exact) mass is 409 g/mol. The Morgan fingerprint density at radius 3 is 2.18 bits per heavy atom. The molecule has 0 saturated carbocycles. The number of hydrogen-bond donors (Lipinski definition) is 0. The molecule has 0 N–H and O–H groups in total. The minimum atomic E-state index is -3.43. The Labute approximate surface area is 170 Å². The highest BCUT2D eigenvalue weighted by atomic mass is 32.2. The van der Waals surface area contributed by atoms with E-state index in [0.717, 1.165) is 11.1 Å². The SMILES string of the molecule is CCC(=O)C(C)C(OCc1ccccc1)/C(C)=C\C(C)S(=O)(=O)N(CC)CC. The van der Waals surface area contributed by atoms with Crippen LogP contribution in [0.25, 0.3) is 0 Å². The molecular formula is C22H35NO4S. The van der Waals surface area contributed by atoms with Crippen molar-refractivity contribution in [1.29, 1.82) is 0 Å². The van der Waals surface area contributed by atoms with E-state index in [9.17, 15) is 13.2 Å². The first-order valence-electron chi connectivity index (χ1n) is 10.0. The normalized spacial score (nSPS) is 16.0. The zero-order chi connectivity index (χ0) is 21.3. The molecule has 6 heteroatoms. The Balaban J connectivity index is 3.09. The lowest BCUT2D eigenvalue weighted by Gasteiger charge is -2.26. The zero-order valence-corrected chi connectivity index (χ0v) is 18.8. The molecule has 0 aliphatic heterocycles. The lowest BCUT2D eigenvalue weighted by atomic mass is 9.92. The van der Waals surface area contributed by atoms with Gasteiger partial charge in [-0.25, -0.2) is 12.7 Å². The summed E-state index contributed by atoms with van der Waals surface area (Å²) in [6, 6.07) is 9.76. The molecule has 1 aromatic carbocycles. The van der Waals surface area contributed by atoms with E-state index in [4.69, 9.17) is 4.74 Å². The molecule has 1 rings (SSSR count). The number of sulfonamides is 1. The van der Waals surface area contributed by atoms with E-state index >= 15 is 0 Å². The van der Waals surface area contributed by atoms with Crippen molar-refractivity contribution in [2.24, 2.45) is 5.92 Å². The molecule has 0 aromatic heterocycles. The fourth-order valence-corrected chi connectivity index (χ4v) is 4.87. The molecule has 0 heterocycles. The first-order chi connectivity index (χ1) is 13.2. The van der Waals surface area contributed by atoms with Crippen LogP contribution in [0.5, 0.6) is 0 Å². The molecule has 1 aromatic rings. The van der Waals surface area contributed by atoms with Crippen LogP contribution in [0.2, 0.25) is 0 Å². The largest absolute Gasteiger partial charge is 0.368 e. The van der Waals surface area contributed by atoms with Gasteiger partial charge in [-0.2, -0.15) is 0 Å². The third-order valence-electron chi connectivity index (χ3n) is 5.06. The fourth-order valence-electron chi connectivity index (χ4n) is 3.29. The van der Waals surface area contributed by atoms with Gasteiger partial charge in [0.05, 0.1) is 18.0 Å². The van der Waals surface area contributed by atoms with E-state index in [1.165, 1.54) is 4.31 Å². The second-order valence-electron chi connectivity index (χ2n) is 7.07. The number of hydrogen-bond acceptors (Lipinski definition) is 4. The number of nitrogens with zero attached hydrogens (tertiary/aromatic N) is 1. The first-order valence-corrected chi connectivity index (χ1v) is 11.5. The molecule has 158 valence electrons. The summed E-state index contributed by atoms with van der Waals surface area (Å²) in [5.74, 6) is -0.238. The molecule has 28 heavy (non-hydrogen) atoms. The quantitative estimate of drug-likeness (QED) is 0.486. The Bertz CT molecular complexity index is 739. The molecule has 0 fully saturated rings. The van der Waals surface area contributed by atoms with Gasteiger partial charge in [-0.1, -0.05) is 64.1 Å². The van der Waals surface area contributed by atoms with Gasteiger partial charge in [0.2, 0.25) is 10.0 Å². The number of ether oxygens (including phenoxy) is 1. The number of Topliss-reactive ketones (excluding diaryl/α,β-unsaturated/α-hetero) is 1. The maximum Gasteiger partial charge on any atom is 0.220 e. The molecule has 0 spiro atoms. The van der Waals surface area contributed by atoms with Crippen molar-refractivity contribution >= 4 is 15.8 Å². The van der Waals surface area contributed by atoms with E-state index in [0.29, 0.717) is 26.1 Å². The lowest BCUT2D eigenvalue weighted by Crippen LogP contribution is -2.37. The average molecular weight is 410 g/mol. The van der Waals surface area contributed by atoms with Crippen molar-refractivity contribution in [3.8, 4) is 0 Å². The number of carbonyl (C=O) groups excluding carboxylic acids is 1. The number of rotatable bonds is 12. The van der Waals surface area contributed by atoms with Crippen molar-refractivity contribution < 1.29 is 17.9 Å². The summed E-state index contributed by atoms with van der Waals surface area (Å²) in [6.45, 7) is 12.1. The molecular weight excluding hydrogens is 374 g/mol. The first kappa shape index (κ1) is 24.5. The second-order valence-corrected chi connectivity index (χ2v) is 9.36. The van der Waals surface area contributed by atoms with Gasteiger partial charge in [0.1, 0.15) is 5.78 Å².